The Balaban J connectivity index is 1.84. The third-order valence-corrected chi connectivity index (χ3v) is 3.82. The summed E-state index contributed by atoms with van der Waals surface area (Å²) < 4.78 is 5.05. The number of amides is 1. The number of nitrogens with two attached hydrogens (primary N) is 1. The smallest absolute Gasteiger partial charge is 0.257 e. The number of hydrogen-bond acceptors (Lipinski definition) is 6. The first-order valence-electron chi connectivity index (χ1n) is 8.04. The van der Waals surface area contributed by atoms with Crippen LogP contribution in [0.1, 0.15) is 21.7 Å². The number of carbonyl (C=O) groups excluding carboxylic acids is 1. The van der Waals surface area contributed by atoms with Crippen LogP contribution in [-0.4, -0.2) is 45.1 Å². The summed E-state index contributed by atoms with van der Waals surface area (Å²) in [6.07, 6.45) is 1.47. The van der Waals surface area contributed by atoms with Gasteiger partial charge in [-0.2, -0.15) is 5.10 Å². The molecule has 0 spiro atoms. The number of aromatic amines is 1. The number of nitrogens with zero attached hydrogens (tertiary/aromatic N) is 4. The number of hydrogen-bond donors (Lipinski definition) is 2. The van der Waals surface area contributed by atoms with E-state index < -0.39 is 0 Å². The average Bonchev–Trinajstić information content (AvgIpc) is 3.09. The fourth-order valence-corrected chi connectivity index (χ4v) is 2.61. The Morgan fingerprint density at radius 2 is 2.08 bits per heavy atom. The quantitative estimate of drug-likeness (QED) is 0.701. The minimum Gasteiger partial charge on any atom is -0.378 e. The molecule has 0 fully saturated rings. The molecule has 0 aliphatic carbocycles. The van der Waals surface area contributed by atoms with Gasteiger partial charge >= 0.3 is 0 Å². The van der Waals surface area contributed by atoms with E-state index >= 15 is 0 Å². The Bertz CT molecular complexity index is 894. The van der Waals surface area contributed by atoms with E-state index in [4.69, 9.17) is 10.5 Å². The van der Waals surface area contributed by atoms with Gasteiger partial charge in [0.25, 0.3) is 5.91 Å². The molecular formula is C18H20N6O2. The molecule has 0 atom stereocenters. The van der Waals surface area contributed by atoms with E-state index in [0.717, 1.165) is 17.0 Å². The van der Waals surface area contributed by atoms with Gasteiger partial charge in [0.2, 0.25) is 5.95 Å². The summed E-state index contributed by atoms with van der Waals surface area (Å²) in [5.74, 6) is -0.0763. The van der Waals surface area contributed by atoms with Crippen LogP contribution < -0.4 is 5.73 Å². The second-order valence-corrected chi connectivity index (χ2v) is 5.84. The lowest BCUT2D eigenvalue weighted by Gasteiger charge is -2.18. The van der Waals surface area contributed by atoms with Crippen LogP contribution in [0, 0.1) is 0 Å². The van der Waals surface area contributed by atoms with E-state index in [-0.39, 0.29) is 11.9 Å². The normalized spacial score (nSPS) is 10.7. The van der Waals surface area contributed by atoms with Gasteiger partial charge in [0.1, 0.15) is 0 Å². The number of benzene rings is 1. The maximum atomic E-state index is 12.9. The predicted octanol–water partition coefficient (Wildman–Crippen LogP) is 1.87. The maximum Gasteiger partial charge on any atom is 0.257 e. The Morgan fingerprint density at radius 1 is 1.31 bits per heavy atom. The van der Waals surface area contributed by atoms with Crippen LogP contribution in [0.15, 0.2) is 42.6 Å². The van der Waals surface area contributed by atoms with Crippen LogP contribution in [-0.2, 0) is 17.9 Å². The first-order valence-corrected chi connectivity index (χ1v) is 8.04. The van der Waals surface area contributed by atoms with Crippen molar-refractivity contribution in [3.8, 4) is 11.3 Å². The molecule has 3 rings (SSSR count). The summed E-state index contributed by atoms with van der Waals surface area (Å²) in [6.45, 7) is 0.784. The van der Waals surface area contributed by atoms with Crippen molar-refractivity contribution >= 4 is 11.9 Å². The lowest BCUT2D eigenvalue weighted by molar-refractivity contribution is 0.0783. The molecule has 0 bridgehead atoms. The maximum absolute atomic E-state index is 12.9. The molecule has 8 heteroatoms. The molecule has 8 nitrogen and oxygen atoms in total. The standard InChI is InChI=1S/C18H20N6O2/c1-24(10-13-8-14(11-26-2)23-22-13)17(25)15-9-20-18(19)21-16(15)12-6-4-3-5-7-12/h3-9H,10-11H2,1-2H3,(H,22,23)(H2,19,20,21). The number of H-pyrrole nitrogens is 1. The van der Waals surface area contributed by atoms with Gasteiger partial charge in [0.05, 0.1) is 35.8 Å². The number of ether oxygens (including phenoxy) is 1. The molecule has 0 saturated carbocycles. The molecule has 3 aromatic rings. The SMILES string of the molecule is COCc1cc(CN(C)C(=O)c2cnc(N)nc2-c2ccccc2)[nH]n1. The van der Waals surface area contributed by atoms with Gasteiger partial charge in [-0.05, 0) is 6.07 Å². The van der Waals surface area contributed by atoms with Crippen LogP contribution in [0.25, 0.3) is 11.3 Å². The van der Waals surface area contributed by atoms with E-state index in [2.05, 4.69) is 20.2 Å². The second-order valence-electron chi connectivity index (χ2n) is 5.84. The fraction of sp³-hybridized carbons (Fsp3) is 0.222. The number of carbonyl (C=O) groups is 1. The molecule has 1 amide bonds. The third-order valence-electron chi connectivity index (χ3n) is 3.82. The molecule has 0 saturated heterocycles. The number of aromatic nitrogens is 4. The molecule has 2 aromatic heterocycles. The zero-order valence-electron chi connectivity index (χ0n) is 14.6. The van der Waals surface area contributed by atoms with Crippen molar-refractivity contribution in [2.24, 2.45) is 0 Å². The van der Waals surface area contributed by atoms with Gasteiger partial charge in [-0.1, -0.05) is 30.3 Å². The molecule has 134 valence electrons. The van der Waals surface area contributed by atoms with Gasteiger partial charge in [-0.15, -0.1) is 0 Å². The molecule has 1 aromatic carbocycles. The number of nitrogens with one attached hydrogen (secondary N) is 1. The minimum atomic E-state index is -0.202. The van der Waals surface area contributed by atoms with Crippen LogP contribution in [0.3, 0.4) is 0 Å². The van der Waals surface area contributed by atoms with Crippen molar-refractivity contribution in [2.75, 3.05) is 19.9 Å². The van der Waals surface area contributed by atoms with E-state index in [9.17, 15) is 4.79 Å². The van der Waals surface area contributed by atoms with Crippen molar-refractivity contribution in [3.05, 3.63) is 59.5 Å². The highest BCUT2D eigenvalue weighted by atomic mass is 16.5. The topological polar surface area (TPSA) is 110 Å². The van der Waals surface area contributed by atoms with Gasteiger partial charge in [-0.3, -0.25) is 9.89 Å². The highest BCUT2D eigenvalue weighted by Crippen LogP contribution is 2.23. The first kappa shape index (κ1) is 17.6. The summed E-state index contributed by atoms with van der Waals surface area (Å²) in [4.78, 5) is 22.8. The Morgan fingerprint density at radius 3 is 2.81 bits per heavy atom. The highest BCUT2D eigenvalue weighted by molar-refractivity contribution is 5.99. The third kappa shape index (κ3) is 3.86. The van der Waals surface area contributed by atoms with E-state index in [1.165, 1.54) is 6.20 Å². The van der Waals surface area contributed by atoms with Crippen molar-refractivity contribution in [1.29, 1.82) is 0 Å². The molecule has 0 unspecified atom stereocenters. The minimum absolute atomic E-state index is 0.126. The Kier molecular flexibility index (Phi) is 5.23. The number of methoxy groups -OCH3 is 1. The molecule has 3 N–H and O–H groups in total. The Hall–Kier alpha value is -3.26. The predicted molar refractivity (Wildman–Crippen MR) is 97.0 cm³/mol. The lowest BCUT2D eigenvalue weighted by Crippen LogP contribution is -2.27. The molecule has 2 heterocycles. The highest BCUT2D eigenvalue weighted by Gasteiger charge is 2.20. The van der Waals surface area contributed by atoms with Crippen molar-refractivity contribution in [3.63, 3.8) is 0 Å². The van der Waals surface area contributed by atoms with Crippen LogP contribution in [0.4, 0.5) is 5.95 Å². The van der Waals surface area contributed by atoms with Gasteiger partial charge in [0, 0.05) is 25.9 Å². The number of anilines is 1. The summed E-state index contributed by atoms with van der Waals surface area (Å²) in [7, 11) is 3.32. The van der Waals surface area contributed by atoms with E-state index in [1.54, 1.807) is 19.1 Å². The Labute approximate surface area is 151 Å². The molecule has 0 aliphatic heterocycles. The van der Waals surface area contributed by atoms with Gasteiger partial charge in [0.15, 0.2) is 0 Å². The zero-order chi connectivity index (χ0) is 18.5. The number of rotatable bonds is 6. The second kappa shape index (κ2) is 7.75. The summed E-state index contributed by atoms with van der Waals surface area (Å²) in [6, 6.07) is 11.3. The summed E-state index contributed by atoms with van der Waals surface area (Å²) >= 11 is 0. The average molecular weight is 352 g/mol. The van der Waals surface area contributed by atoms with Gasteiger partial charge < -0.3 is 15.4 Å². The molecule has 0 radical (unpaired) electrons. The zero-order valence-corrected chi connectivity index (χ0v) is 14.6. The van der Waals surface area contributed by atoms with Crippen molar-refractivity contribution in [1.82, 2.24) is 25.1 Å². The van der Waals surface area contributed by atoms with Crippen LogP contribution >= 0.6 is 0 Å². The lowest BCUT2D eigenvalue weighted by atomic mass is 10.1. The molecular weight excluding hydrogens is 332 g/mol. The number of nitrogen functional groups attached to an aromatic ring is 1. The largest absolute Gasteiger partial charge is 0.378 e. The first-order chi connectivity index (χ1) is 12.6. The fourth-order valence-electron chi connectivity index (χ4n) is 2.61. The van der Waals surface area contributed by atoms with Crippen LogP contribution in [0.5, 0.6) is 0 Å². The summed E-state index contributed by atoms with van der Waals surface area (Å²) in [5, 5.41) is 7.05. The van der Waals surface area contributed by atoms with Gasteiger partial charge in [-0.25, -0.2) is 9.97 Å². The molecule has 26 heavy (non-hydrogen) atoms. The van der Waals surface area contributed by atoms with E-state index in [1.807, 2.05) is 36.4 Å². The monoisotopic (exact) mass is 352 g/mol. The van der Waals surface area contributed by atoms with Crippen LogP contribution in [0.2, 0.25) is 0 Å². The van der Waals surface area contributed by atoms with Crippen molar-refractivity contribution in [2.45, 2.75) is 13.2 Å². The van der Waals surface area contributed by atoms with E-state index in [0.29, 0.717) is 24.4 Å². The summed E-state index contributed by atoms with van der Waals surface area (Å²) in [5.41, 5.74) is 9.03. The van der Waals surface area contributed by atoms with Crippen molar-refractivity contribution < 1.29 is 9.53 Å². The molecule has 0 aliphatic rings.